The first-order valence-corrected chi connectivity index (χ1v) is 8.18. The van der Waals surface area contributed by atoms with E-state index in [1.54, 1.807) is 6.07 Å². The minimum absolute atomic E-state index is 0.0276. The Kier molecular flexibility index (Phi) is 3.59. The molecule has 5 nitrogen and oxygen atoms in total. The Morgan fingerprint density at radius 2 is 2.33 bits per heavy atom. The number of para-hydroxylation sites is 1. The third-order valence-electron chi connectivity index (χ3n) is 4.82. The molecule has 6 heteroatoms. The minimum Gasteiger partial charge on any atom is -0.356 e. The van der Waals surface area contributed by atoms with Crippen molar-refractivity contribution in [2.24, 2.45) is 0 Å². The first-order valence-electron chi connectivity index (χ1n) is 8.18. The van der Waals surface area contributed by atoms with Crippen LogP contribution in [0.2, 0.25) is 0 Å². The second-order valence-electron chi connectivity index (χ2n) is 6.45. The maximum absolute atomic E-state index is 13.9. The van der Waals surface area contributed by atoms with Crippen molar-refractivity contribution in [1.29, 1.82) is 0 Å². The van der Waals surface area contributed by atoms with E-state index in [4.69, 9.17) is 0 Å². The molecule has 3 aromatic rings. The van der Waals surface area contributed by atoms with Crippen LogP contribution < -0.4 is 5.32 Å². The fourth-order valence-corrected chi connectivity index (χ4v) is 3.57. The van der Waals surface area contributed by atoms with Crippen molar-refractivity contribution in [1.82, 2.24) is 20.5 Å². The van der Waals surface area contributed by atoms with Crippen LogP contribution in [0.25, 0.3) is 10.9 Å². The van der Waals surface area contributed by atoms with Crippen molar-refractivity contribution in [3.05, 3.63) is 52.7 Å². The lowest BCUT2D eigenvalue weighted by atomic mass is 9.93. The monoisotopic (exact) mass is 326 g/mol. The Morgan fingerprint density at radius 3 is 3.21 bits per heavy atom. The van der Waals surface area contributed by atoms with Gasteiger partial charge in [-0.3, -0.25) is 9.89 Å². The number of carbonyl (C=O) groups excluding carboxylic acids is 1. The Balaban J connectivity index is 1.49. The predicted molar refractivity (Wildman–Crippen MR) is 89.2 cm³/mol. The van der Waals surface area contributed by atoms with Gasteiger partial charge < -0.3 is 10.3 Å². The van der Waals surface area contributed by atoms with Crippen LogP contribution >= 0.6 is 0 Å². The van der Waals surface area contributed by atoms with E-state index in [0.29, 0.717) is 5.52 Å². The molecule has 0 spiro atoms. The molecule has 1 atom stereocenters. The number of aromatic amines is 2. The van der Waals surface area contributed by atoms with Gasteiger partial charge in [-0.2, -0.15) is 5.10 Å². The average molecular weight is 326 g/mol. The number of carbonyl (C=O) groups is 1. The van der Waals surface area contributed by atoms with Crippen LogP contribution in [0.4, 0.5) is 4.39 Å². The summed E-state index contributed by atoms with van der Waals surface area (Å²) in [5, 5.41) is 10.9. The third-order valence-corrected chi connectivity index (χ3v) is 4.82. The first kappa shape index (κ1) is 14.9. The van der Waals surface area contributed by atoms with Gasteiger partial charge in [0, 0.05) is 22.8 Å². The van der Waals surface area contributed by atoms with Gasteiger partial charge in [-0.1, -0.05) is 12.1 Å². The number of amides is 1. The zero-order valence-corrected chi connectivity index (χ0v) is 13.4. The maximum Gasteiger partial charge on any atom is 0.224 e. The topological polar surface area (TPSA) is 73.6 Å². The molecule has 1 aliphatic rings. The molecule has 1 amide bonds. The summed E-state index contributed by atoms with van der Waals surface area (Å²) in [5.41, 5.74) is 4.52. The lowest BCUT2D eigenvalue weighted by molar-refractivity contribution is -0.121. The molecule has 0 unspecified atom stereocenters. The van der Waals surface area contributed by atoms with Crippen LogP contribution in [0.15, 0.2) is 24.4 Å². The predicted octanol–water partition coefficient (Wildman–Crippen LogP) is 2.55. The summed E-state index contributed by atoms with van der Waals surface area (Å²) in [5.74, 6) is -0.317. The SMILES string of the molecule is Cc1[nH]c2c(F)cccc2c1CC(=O)N[C@H]1CCc2[nH]ncc2C1. The summed E-state index contributed by atoms with van der Waals surface area (Å²) in [4.78, 5) is 15.5. The molecule has 0 bridgehead atoms. The first-order chi connectivity index (χ1) is 11.6. The van der Waals surface area contributed by atoms with Crippen molar-refractivity contribution in [3.63, 3.8) is 0 Å². The largest absolute Gasteiger partial charge is 0.356 e. The number of hydrogen-bond acceptors (Lipinski definition) is 2. The fraction of sp³-hybridized carbons (Fsp3) is 0.333. The van der Waals surface area contributed by atoms with E-state index in [0.717, 1.165) is 35.9 Å². The zero-order valence-electron chi connectivity index (χ0n) is 13.4. The Labute approximate surface area is 138 Å². The van der Waals surface area contributed by atoms with E-state index in [1.807, 2.05) is 19.2 Å². The Morgan fingerprint density at radius 1 is 1.46 bits per heavy atom. The quantitative estimate of drug-likeness (QED) is 0.692. The van der Waals surface area contributed by atoms with Crippen LogP contribution in [0.1, 0.15) is 28.9 Å². The lowest BCUT2D eigenvalue weighted by Gasteiger charge is -2.22. The molecule has 1 aromatic carbocycles. The number of rotatable bonds is 3. The van der Waals surface area contributed by atoms with E-state index < -0.39 is 0 Å². The molecule has 4 rings (SSSR count). The second-order valence-corrected chi connectivity index (χ2v) is 6.45. The van der Waals surface area contributed by atoms with E-state index in [2.05, 4.69) is 20.5 Å². The fourth-order valence-electron chi connectivity index (χ4n) is 3.57. The number of H-pyrrole nitrogens is 2. The molecule has 124 valence electrons. The summed E-state index contributed by atoms with van der Waals surface area (Å²) in [7, 11) is 0. The highest BCUT2D eigenvalue weighted by Crippen LogP contribution is 2.25. The standard InChI is InChI=1S/C18H19FN4O/c1-10-14(13-3-2-4-15(19)18(13)21-10)8-17(24)22-12-5-6-16-11(7-12)9-20-23-16/h2-4,9,12,21H,5-8H2,1H3,(H,20,23)(H,22,24)/t12-/m0/s1. The van der Waals surface area contributed by atoms with Crippen LogP contribution in [-0.4, -0.2) is 27.1 Å². The summed E-state index contributed by atoms with van der Waals surface area (Å²) >= 11 is 0. The number of nitrogens with one attached hydrogen (secondary N) is 3. The van der Waals surface area contributed by atoms with Gasteiger partial charge in [0.05, 0.1) is 18.1 Å². The summed E-state index contributed by atoms with van der Waals surface area (Å²) in [6.07, 6.45) is 4.70. The second kappa shape index (κ2) is 5.78. The maximum atomic E-state index is 13.9. The number of nitrogens with zero attached hydrogens (tertiary/aromatic N) is 1. The van der Waals surface area contributed by atoms with E-state index in [1.165, 1.54) is 17.3 Å². The molecule has 0 fully saturated rings. The number of halogens is 1. The Bertz CT molecular complexity index is 911. The van der Waals surface area contributed by atoms with Gasteiger partial charge in [0.15, 0.2) is 0 Å². The smallest absolute Gasteiger partial charge is 0.224 e. The van der Waals surface area contributed by atoms with Crippen molar-refractivity contribution < 1.29 is 9.18 Å². The van der Waals surface area contributed by atoms with E-state index in [9.17, 15) is 9.18 Å². The molecule has 0 saturated heterocycles. The molecule has 3 N–H and O–H groups in total. The lowest BCUT2D eigenvalue weighted by Crippen LogP contribution is -2.39. The van der Waals surface area contributed by atoms with Gasteiger partial charge >= 0.3 is 0 Å². The van der Waals surface area contributed by atoms with Gasteiger partial charge in [-0.15, -0.1) is 0 Å². The molecule has 0 saturated carbocycles. The number of aromatic nitrogens is 3. The van der Waals surface area contributed by atoms with E-state index >= 15 is 0 Å². The van der Waals surface area contributed by atoms with Gasteiger partial charge in [0.2, 0.25) is 5.91 Å². The van der Waals surface area contributed by atoms with Crippen LogP contribution in [-0.2, 0) is 24.1 Å². The highest BCUT2D eigenvalue weighted by Gasteiger charge is 2.22. The van der Waals surface area contributed by atoms with Crippen LogP contribution in [0.3, 0.4) is 0 Å². The molecule has 0 radical (unpaired) electrons. The molecular formula is C18H19FN4O. The van der Waals surface area contributed by atoms with E-state index in [-0.39, 0.29) is 24.2 Å². The summed E-state index contributed by atoms with van der Waals surface area (Å²) < 4.78 is 13.9. The summed E-state index contributed by atoms with van der Waals surface area (Å²) in [6.45, 7) is 1.88. The molecular weight excluding hydrogens is 307 g/mol. The van der Waals surface area contributed by atoms with Gasteiger partial charge in [0.25, 0.3) is 0 Å². The Hall–Kier alpha value is -2.63. The summed E-state index contributed by atoms with van der Waals surface area (Å²) in [6, 6.07) is 5.08. The molecule has 24 heavy (non-hydrogen) atoms. The number of hydrogen-bond donors (Lipinski definition) is 3. The molecule has 1 aliphatic carbocycles. The third kappa shape index (κ3) is 2.58. The molecule has 2 aromatic heterocycles. The number of fused-ring (bicyclic) bond motifs is 2. The van der Waals surface area contributed by atoms with Gasteiger partial charge in [-0.25, -0.2) is 4.39 Å². The van der Waals surface area contributed by atoms with Crippen molar-refractivity contribution in [2.45, 2.75) is 38.6 Å². The highest BCUT2D eigenvalue weighted by atomic mass is 19.1. The number of aryl methyl sites for hydroxylation is 2. The van der Waals surface area contributed by atoms with Crippen molar-refractivity contribution in [3.8, 4) is 0 Å². The van der Waals surface area contributed by atoms with Crippen molar-refractivity contribution >= 4 is 16.8 Å². The molecule has 2 heterocycles. The number of benzene rings is 1. The zero-order chi connectivity index (χ0) is 16.7. The average Bonchev–Trinajstić information content (AvgIpc) is 3.13. The van der Waals surface area contributed by atoms with Crippen molar-refractivity contribution in [2.75, 3.05) is 0 Å². The normalized spacial score (nSPS) is 17.0. The van der Waals surface area contributed by atoms with Crippen LogP contribution in [0, 0.1) is 12.7 Å². The highest BCUT2D eigenvalue weighted by molar-refractivity contribution is 5.90. The molecule has 0 aliphatic heterocycles. The minimum atomic E-state index is -0.290. The van der Waals surface area contributed by atoms with Gasteiger partial charge in [-0.05, 0) is 43.4 Å². The van der Waals surface area contributed by atoms with Crippen LogP contribution in [0.5, 0.6) is 0 Å². The van der Waals surface area contributed by atoms with Gasteiger partial charge in [0.1, 0.15) is 5.82 Å².